The fraction of sp³-hybridized carbons (Fsp3) is 0.909. The standard InChI is InChI=1S/C11H20O4/c1-4-8-6-14-10(15-7-8)11(2,3)5-9(12)13/h8,10H,4-7H2,1-3H3,(H,12,13). The van der Waals surface area contributed by atoms with Crippen LogP contribution in [0.15, 0.2) is 0 Å². The molecule has 4 heteroatoms. The Balaban J connectivity index is 2.47. The first kappa shape index (κ1) is 12.5. The highest BCUT2D eigenvalue weighted by Crippen LogP contribution is 2.31. The molecule has 0 aromatic heterocycles. The Morgan fingerprint density at radius 2 is 1.93 bits per heavy atom. The highest BCUT2D eigenvalue weighted by Gasteiger charge is 2.36. The molecule has 0 aromatic carbocycles. The molecule has 0 spiro atoms. The molecule has 1 aliphatic heterocycles. The third kappa shape index (κ3) is 3.47. The first-order valence-corrected chi connectivity index (χ1v) is 5.40. The number of ether oxygens (including phenoxy) is 2. The lowest BCUT2D eigenvalue weighted by Gasteiger charge is -2.37. The Morgan fingerprint density at radius 3 is 2.33 bits per heavy atom. The maximum Gasteiger partial charge on any atom is 0.304 e. The van der Waals surface area contributed by atoms with Crippen LogP contribution in [-0.2, 0) is 14.3 Å². The quantitative estimate of drug-likeness (QED) is 0.779. The van der Waals surface area contributed by atoms with Crippen molar-refractivity contribution in [1.29, 1.82) is 0 Å². The molecule has 0 amide bonds. The van der Waals surface area contributed by atoms with Crippen LogP contribution in [0, 0.1) is 11.3 Å². The minimum Gasteiger partial charge on any atom is -0.481 e. The summed E-state index contributed by atoms with van der Waals surface area (Å²) in [5, 5.41) is 8.77. The monoisotopic (exact) mass is 216 g/mol. The number of hydrogen-bond donors (Lipinski definition) is 1. The zero-order valence-corrected chi connectivity index (χ0v) is 9.66. The van der Waals surface area contributed by atoms with Crippen LogP contribution in [0.3, 0.4) is 0 Å². The van der Waals surface area contributed by atoms with Crippen LogP contribution in [0.25, 0.3) is 0 Å². The molecule has 1 rings (SSSR count). The molecule has 88 valence electrons. The molecular weight excluding hydrogens is 196 g/mol. The van der Waals surface area contributed by atoms with Crippen molar-refractivity contribution in [3.05, 3.63) is 0 Å². The second-order valence-corrected chi connectivity index (χ2v) is 4.83. The Bertz CT molecular complexity index is 217. The van der Waals surface area contributed by atoms with Gasteiger partial charge in [0.05, 0.1) is 19.6 Å². The van der Waals surface area contributed by atoms with Gasteiger partial charge >= 0.3 is 5.97 Å². The van der Waals surface area contributed by atoms with Crippen LogP contribution in [0.1, 0.15) is 33.6 Å². The van der Waals surface area contributed by atoms with Crippen molar-refractivity contribution in [3.63, 3.8) is 0 Å². The third-order valence-corrected chi connectivity index (χ3v) is 2.79. The lowest BCUT2D eigenvalue weighted by Crippen LogP contribution is -2.42. The highest BCUT2D eigenvalue weighted by molar-refractivity contribution is 5.67. The molecule has 4 nitrogen and oxygen atoms in total. The molecule has 1 saturated heterocycles. The summed E-state index contributed by atoms with van der Waals surface area (Å²) in [4.78, 5) is 10.7. The minimum absolute atomic E-state index is 0.0639. The zero-order chi connectivity index (χ0) is 11.5. The van der Waals surface area contributed by atoms with Crippen LogP contribution in [0.5, 0.6) is 0 Å². The van der Waals surface area contributed by atoms with Crippen molar-refractivity contribution in [1.82, 2.24) is 0 Å². The molecule has 0 radical (unpaired) electrons. The SMILES string of the molecule is CCC1COC(C(C)(C)CC(=O)O)OC1. The fourth-order valence-electron chi connectivity index (χ4n) is 1.70. The molecule has 0 aliphatic carbocycles. The van der Waals surface area contributed by atoms with Gasteiger partial charge in [-0.2, -0.15) is 0 Å². The Labute approximate surface area is 90.6 Å². The van der Waals surface area contributed by atoms with Crippen LogP contribution in [0.2, 0.25) is 0 Å². The average molecular weight is 216 g/mol. The summed E-state index contributed by atoms with van der Waals surface area (Å²) >= 11 is 0. The minimum atomic E-state index is -0.815. The van der Waals surface area contributed by atoms with Gasteiger partial charge in [-0.3, -0.25) is 4.79 Å². The number of hydrogen-bond acceptors (Lipinski definition) is 3. The van der Waals surface area contributed by atoms with E-state index >= 15 is 0 Å². The van der Waals surface area contributed by atoms with Gasteiger partial charge in [-0.1, -0.05) is 20.8 Å². The Morgan fingerprint density at radius 1 is 1.40 bits per heavy atom. The molecule has 1 fully saturated rings. The number of carboxylic acids is 1. The molecule has 1 N–H and O–H groups in total. The van der Waals surface area contributed by atoms with Crippen LogP contribution in [0.4, 0.5) is 0 Å². The first-order valence-electron chi connectivity index (χ1n) is 5.40. The topological polar surface area (TPSA) is 55.8 Å². The van der Waals surface area contributed by atoms with E-state index in [0.717, 1.165) is 6.42 Å². The van der Waals surface area contributed by atoms with Gasteiger partial charge < -0.3 is 14.6 Å². The van der Waals surface area contributed by atoms with Crippen molar-refractivity contribution in [3.8, 4) is 0 Å². The summed E-state index contributed by atoms with van der Waals surface area (Å²) < 4.78 is 11.1. The van der Waals surface area contributed by atoms with Gasteiger partial charge in [-0.05, 0) is 6.42 Å². The van der Waals surface area contributed by atoms with E-state index in [4.69, 9.17) is 14.6 Å². The summed E-state index contributed by atoms with van der Waals surface area (Å²) in [6.07, 6.45) is 0.706. The van der Waals surface area contributed by atoms with Crippen molar-refractivity contribution < 1.29 is 19.4 Å². The van der Waals surface area contributed by atoms with E-state index in [-0.39, 0.29) is 6.42 Å². The largest absolute Gasteiger partial charge is 0.481 e. The van der Waals surface area contributed by atoms with Gasteiger partial charge in [-0.15, -0.1) is 0 Å². The maximum absolute atomic E-state index is 10.7. The normalized spacial score (nSPS) is 27.7. The second kappa shape index (κ2) is 4.94. The van der Waals surface area contributed by atoms with Gasteiger partial charge in [-0.25, -0.2) is 0 Å². The van der Waals surface area contributed by atoms with Crippen molar-refractivity contribution >= 4 is 5.97 Å². The number of rotatable bonds is 4. The van der Waals surface area contributed by atoms with E-state index in [2.05, 4.69) is 6.92 Å². The smallest absolute Gasteiger partial charge is 0.304 e. The summed E-state index contributed by atoms with van der Waals surface area (Å²) in [6.45, 7) is 7.16. The van der Waals surface area contributed by atoms with E-state index in [9.17, 15) is 4.79 Å². The number of aliphatic carboxylic acids is 1. The van der Waals surface area contributed by atoms with E-state index in [1.807, 2.05) is 13.8 Å². The van der Waals surface area contributed by atoms with Gasteiger partial charge in [0, 0.05) is 11.3 Å². The molecule has 1 aliphatic rings. The zero-order valence-electron chi connectivity index (χ0n) is 9.66. The molecule has 1 heterocycles. The molecule has 0 unspecified atom stereocenters. The lowest BCUT2D eigenvalue weighted by molar-refractivity contribution is -0.247. The van der Waals surface area contributed by atoms with E-state index in [1.54, 1.807) is 0 Å². The number of carbonyl (C=O) groups is 1. The molecule has 0 aromatic rings. The molecular formula is C11H20O4. The molecule has 15 heavy (non-hydrogen) atoms. The lowest BCUT2D eigenvalue weighted by atomic mass is 9.88. The molecule has 0 atom stereocenters. The Hall–Kier alpha value is -0.610. The summed E-state index contributed by atoms with van der Waals surface area (Å²) in [5.74, 6) is -0.369. The molecule has 0 bridgehead atoms. The molecule has 0 saturated carbocycles. The van der Waals surface area contributed by atoms with Crippen LogP contribution >= 0.6 is 0 Å². The highest BCUT2D eigenvalue weighted by atomic mass is 16.7. The van der Waals surface area contributed by atoms with E-state index < -0.39 is 17.7 Å². The number of carboxylic acid groups (broad SMARTS) is 1. The predicted molar refractivity (Wildman–Crippen MR) is 55.5 cm³/mol. The first-order chi connectivity index (χ1) is 6.95. The third-order valence-electron chi connectivity index (χ3n) is 2.79. The van der Waals surface area contributed by atoms with Gasteiger partial charge in [0.2, 0.25) is 0 Å². The predicted octanol–water partition coefficient (Wildman–Crippen LogP) is 1.89. The van der Waals surface area contributed by atoms with Gasteiger partial charge in [0.25, 0.3) is 0 Å². The van der Waals surface area contributed by atoms with Crippen molar-refractivity contribution in [2.75, 3.05) is 13.2 Å². The Kier molecular flexibility index (Phi) is 4.11. The van der Waals surface area contributed by atoms with Crippen molar-refractivity contribution in [2.24, 2.45) is 11.3 Å². The van der Waals surface area contributed by atoms with Crippen LogP contribution < -0.4 is 0 Å². The second-order valence-electron chi connectivity index (χ2n) is 4.83. The van der Waals surface area contributed by atoms with Gasteiger partial charge in [0.1, 0.15) is 0 Å². The van der Waals surface area contributed by atoms with Gasteiger partial charge in [0.15, 0.2) is 6.29 Å². The van der Waals surface area contributed by atoms with E-state index in [1.165, 1.54) is 0 Å². The average Bonchev–Trinajstić information content (AvgIpc) is 2.16. The van der Waals surface area contributed by atoms with Crippen molar-refractivity contribution in [2.45, 2.75) is 39.9 Å². The summed E-state index contributed by atoms with van der Waals surface area (Å²) in [6, 6.07) is 0. The maximum atomic E-state index is 10.7. The summed E-state index contributed by atoms with van der Waals surface area (Å²) in [7, 11) is 0. The summed E-state index contributed by atoms with van der Waals surface area (Å²) in [5.41, 5.74) is -0.468. The van der Waals surface area contributed by atoms with E-state index in [0.29, 0.717) is 19.1 Å². The van der Waals surface area contributed by atoms with Crippen LogP contribution in [-0.4, -0.2) is 30.6 Å². The fourth-order valence-corrected chi connectivity index (χ4v) is 1.70.